The average molecular weight is 332 g/mol. The predicted molar refractivity (Wildman–Crippen MR) is 82.9 cm³/mol. The third kappa shape index (κ3) is 3.77. The number of H-pyrrole nitrogens is 1. The van der Waals surface area contributed by atoms with Crippen molar-refractivity contribution in [2.45, 2.75) is 44.7 Å². The van der Waals surface area contributed by atoms with E-state index in [1.807, 2.05) is 6.92 Å². The highest BCUT2D eigenvalue weighted by Gasteiger charge is 2.45. The maximum absolute atomic E-state index is 13.4. The van der Waals surface area contributed by atoms with Gasteiger partial charge in [0.25, 0.3) is 0 Å². The molecule has 0 radical (unpaired) electrons. The molecule has 0 bridgehead atoms. The summed E-state index contributed by atoms with van der Waals surface area (Å²) in [5, 5.41) is 0.701. The fourth-order valence-corrected chi connectivity index (χ4v) is 2.92. The quantitative estimate of drug-likeness (QED) is 0.830. The maximum Gasteiger partial charge on any atom is 0.412 e. The summed E-state index contributed by atoms with van der Waals surface area (Å²) >= 11 is -1.82. The van der Waals surface area contributed by atoms with Crippen LogP contribution in [0.4, 0.5) is 13.2 Å². The molecule has 0 aliphatic carbocycles. The molecule has 0 aliphatic rings. The van der Waals surface area contributed by atoms with E-state index in [9.17, 15) is 17.7 Å². The van der Waals surface area contributed by atoms with Crippen LogP contribution in [-0.2, 0) is 11.4 Å². The molecule has 2 atom stereocenters. The van der Waals surface area contributed by atoms with E-state index in [2.05, 4.69) is 9.71 Å². The van der Waals surface area contributed by atoms with Crippen molar-refractivity contribution in [3.63, 3.8) is 0 Å². The van der Waals surface area contributed by atoms with Crippen LogP contribution < -0.4 is 4.72 Å². The Hall–Kier alpha value is -1.18. The van der Waals surface area contributed by atoms with Crippen molar-refractivity contribution in [1.29, 1.82) is 0 Å². The molecule has 7 heteroatoms. The average Bonchev–Trinajstić information content (AvgIpc) is 2.71. The molecule has 0 saturated heterocycles. The largest absolute Gasteiger partial charge is 0.598 e. The number of nitrogens with one attached hydrogen (secondary N) is 2. The van der Waals surface area contributed by atoms with Gasteiger partial charge in [0.1, 0.15) is 4.75 Å². The maximum atomic E-state index is 13.4. The van der Waals surface area contributed by atoms with Gasteiger partial charge in [-0.1, -0.05) is 6.07 Å². The van der Waals surface area contributed by atoms with Gasteiger partial charge < -0.3 is 9.54 Å². The second-order valence-corrected chi connectivity index (χ2v) is 8.27. The lowest BCUT2D eigenvalue weighted by molar-refractivity contribution is -0.153. The summed E-state index contributed by atoms with van der Waals surface area (Å²) in [6.07, 6.45) is -4.53. The minimum absolute atomic E-state index is 0.0524. The summed E-state index contributed by atoms with van der Waals surface area (Å²) < 4.78 is 53.6. The Morgan fingerprint density at radius 1 is 1.18 bits per heavy atom. The summed E-state index contributed by atoms with van der Waals surface area (Å²) in [6, 6.07) is 4.31. The minimum atomic E-state index is -4.53. The third-order valence-electron chi connectivity index (χ3n) is 3.22. The number of hydrogen-bond donors (Lipinski definition) is 2. The smallest absolute Gasteiger partial charge is 0.412 e. The zero-order valence-electron chi connectivity index (χ0n) is 12.8. The number of alkyl halides is 3. The molecule has 2 N–H and O–H groups in total. The van der Waals surface area contributed by atoms with Crippen LogP contribution in [0.5, 0.6) is 0 Å². The predicted octanol–water partition coefficient (Wildman–Crippen LogP) is 4.13. The number of fused-ring (bicyclic) bond motifs is 1. The number of hydrogen-bond acceptors (Lipinski definition) is 2. The van der Waals surface area contributed by atoms with Crippen molar-refractivity contribution >= 4 is 22.3 Å². The normalized spacial score (nSPS) is 16.0. The van der Waals surface area contributed by atoms with Crippen LogP contribution in [0.25, 0.3) is 10.9 Å². The monoisotopic (exact) mass is 332 g/mol. The van der Waals surface area contributed by atoms with Crippen molar-refractivity contribution in [2.24, 2.45) is 0 Å². The SMILES string of the molecule is Cc1cc2cc([C@H](N[S@@+]([O-])C(C)(C)C)C(F)(F)F)ccc2[nH]1. The lowest BCUT2D eigenvalue weighted by atomic mass is 10.1. The van der Waals surface area contributed by atoms with Crippen LogP contribution >= 0.6 is 0 Å². The van der Waals surface area contributed by atoms with Crippen LogP contribution in [0.1, 0.15) is 38.1 Å². The molecule has 0 fully saturated rings. The first-order valence-electron chi connectivity index (χ1n) is 6.82. The zero-order valence-corrected chi connectivity index (χ0v) is 13.7. The highest BCUT2D eigenvalue weighted by molar-refractivity contribution is 7.90. The van der Waals surface area contributed by atoms with Crippen molar-refractivity contribution < 1.29 is 17.7 Å². The van der Waals surface area contributed by atoms with E-state index < -0.39 is 28.3 Å². The van der Waals surface area contributed by atoms with E-state index in [1.165, 1.54) is 12.1 Å². The minimum Gasteiger partial charge on any atom is -0.598 e. The number of benzene rings is 1. The van der Waals surface area contributed by atoms with Gasteiger partial charge in [0.2, 0.25) is 0 Å². The van der Waals surface area contributed by atoms with Crippen molar-refractivity contribution in [2.75, 3.05) is 0 Å². The van der Waals surface area contributed by atoms with Crippen LogP contribution in [0.2, 0.25) is 0 Å². The van der Waals surface area contributed by atoms with E-state index >= 15 is 0 Å². The van der Waals surface area contributed by atoms with Gasteiger partial charge in [0.05, 0.1) is 0 Å². The lowest BCUT2D eigenvalue weighted by Gasteiger charge is -2.29. The second-order valence-electron chi connectivity index (χ2n) is 6.27. The number of aryl methyl sites for hydroxylation is 1. The summed E-state index contributed by atoms with van der Waals surface area (Å²) in [7, 11) is 0. The first kappa shape index (κ1) is 17.2. The van der Waals surface area contributed by atoms with Crippen molar-refractivity contribution in [1.82, 2.24) is 9.71 Å². The molecule has 0 aliphatic heterocycles. The van der Waals surface area contributed by atoms with Gasteiger partial charge in [-0.3, -0.25) is 0 Å². The van der Waals surface area contributed by atoms with E-state index in [1.54, 1.807) is 32.9 Å². The fourth-order valence-electron chi connectivity index (χ4n) is 2.08. The van der Waals surface area contributed by atoms with Gasteiger partial charge in [-0.25, -0.2) is 0 Å². The highest BCUT2D eigenvalue weighted by Crippen LogP contribution is 2.35. The summed E-state index contributed by atoms with van der Waals surface area (Å²) in [6.45, 7) is 6.72. The molecule has 0 spiro atoms. The molecule has 3 nitrogen and oxygen atoms in total. The molecule has 2 rings (SSSR count). The second kappa shape index (κ2) is 5.79. The Balaban J connectivity index is 2.39. The van der Waals surface area contributed by atoms with Gasteiger partial charge in [-0.05, 0) is 56.8 Å². The Morgan fingerprint density at radius 2 is 1.82 bits per heavy atom. The zero-order chi connectivity index (χ0) is 16.7. The van der Waals surface area contributed by atoms with E-state index in [0.29, 0.717) is 5.39 Å². The Labute approximate surface area is 130 Å². The molecule has 122 valence electrons. The number of rotatable bonds is 3. The van der Waals surface area contributed by atoms with Gasteiger partial charge in [0, 0.05) is 22.6 Å². The summed E-state index contributed by atoms with van der Waals surface area (Å²) in [4.78, 5) is 3.07. The molecule has 2 aromatic rings. The Bertz CT molecular complexity index is 661. The van der Waals surface area contributed by atoms with Crippen molar-refractivity contribution in [3.8, 4) is 0 Å². The Morgan fingerprint density at radius 3 is 2.36 bits per heavy atom. The molecule has 1 aromatic carbocycles. The topological polar surface area (TPSA) is 50.9 Å². The summed E-state index contributed by atoms with van der Waals surface area (Å²) in [5.74, 6) is 0. The van der Waals surface area contributed by atoms with Gasteiger partial charge in [-0.2, -0.15) is 13.2 Å². The van der Waals surface area contributed by atoms with Crippen LogP contribution in [0.3, 0.4) is 0 Å². The molecule has 0 amide bonds. The number of halogens is 3. The van der Waals surface area contributed by atoms with E-state index in [-0.39, 0.29) is 5.56 Å². The molecule has 22 heavy (non-hydrogen) atoms. The molecule has 0 unspecified atom stereocenters. The van der Waals surface area contributed by atoms with Crippen molar-refractivity contribution in [3.05, 3.63) is 35.5 Å². The number of aromatic amines is 1. The first-order valence-corrected chi connectivity index (χ1v) is 7.97. The summed E-state index contributed by atoms with van der Waals surface area (Å²) in [5.41, 5.74) is 1.71. The highest BCUT2D eigenvalue weighted by atomic mass is 32.2. The molecule has 0 saturated carbocycles. The first-order chi connectivity index (χ1) is 9.98. The van der Waals surface area contributed by atoms with Crippen LogP contribution in [-0.4, -0.2) is 20.5 Å². The molecular formula is C15H19F3N2OS. The molecular weight excluding hydrogens is 313 g/mol. The van der Waals surface area contributed by atoms with Gasteiger partial charge in [0.15, 0.2) is 6.04 Å². The fraction of sp³-hybridized carbons (Fsp3) is 0.467. The third-order valence-corrected chi connectivity index (χ3v) is 4.78. The van der Waals surface area contributed by atoms with E-state index in [0.717, 1.165) is 11.2 Å². The van der Waals surface area contributed by atoms with E-state index in [4.69, 9.17) is 0 Å². The lowest BCUT2D eigenvalue weighted by Crippen LogP contribution is -2.45. The van der Waals surface area contributed by atoms with Crippen LogP contribution in [0.15, 0.2) is 24.3 Å². The standard InChI is InChI=1S/C15H19F3N2OS/c1-9-7-11-8-10(5-6-12(11)19-9)13(15(16,17)18)20-22(21)14(2,3)4/h5-8,13,19-20H,1-4H3/t13-,22-/m0/s1. The van der Waals surface area contributed by atoms with Gasteiger partial charge in [-0.15, -0.1) is 4.72 Å². The number of aromatic nitrogens is 1. The Kier molecular flexibility index (Phi) is 4.52. The molecule has 1 aromatic heterocycles. The van der Waals surface area contributed by atoms with Crippen LogP contribution in [0, 0.1) is 6.92 Å². The molecule has 1 heterocycles. The van der Waals surface area contributed by atoms with Gasteiger partial charge >= 0.3 is 6.18 Å².